The Balaban J connectivity index is 2.51. The minimum atomic E-state index is 0.708. The Kier molecular flexibility index (Phi) is 2.53. The second-order valence-electron chi connectivity index (χ2n) is 2.79. The monoisotopic (exact) mass is 219 g/mol. The van der Waals surface area contributed by atoms with Crippen LogP contribution in [0.25, 0.3) is 11.1 Å². The SMILES string of the molecule is N#Cc1cc(-c2ccccc2Cl)cs1. The van der Waals surface area contributed by atoms with E-state index in [2.05, 4.69) is 6.07 Å². The molecule has 0 atom stereocenters. The molecule has 0 radical (unpaired) electrons. The zero-order chi connectivity index (χ0) is 9.97. The molecule has 1 heterocycles. The molecule has 0 saturated heterocycles. The molecule has 1 aromatic carbocycles. The predicted octanol–water partition coefficient (Wildman–Crippen LogP) is 3.94. The van der Waals surface area contributed by atoms with Crippen LogP contribution in [0.4, 0.5) is 0 Å². The highest BCUT2D eigenvalue weighted by Crippen LogP contribution is 2.30. The fourth-order valence-corrected chi connectivity index (χ4v) is 2.17. The summed E-state index contributed by atoms with van der Waals surface area (Å²) in [6.45, 7) is 0. The average molecular weight is 220 g/mol. The molecular formula is C11H6ClNS. The molecule has 0 N–H and O–H groups in total. The summed E-state index contributed by atoms with van der Waals surface area (Å²) in [5, 5.41) is 11.4. The van der Waals surface area contributed by atoms with E-state index in [0.717, 1.165) is 16.1 Å². The maximum atomic E-state index is 8.69. The molecule has 2 rings (SSSR count). The molecule has 0 aliphatic carbocycles. The Morgan fingerprint density at radius 2 is 2.07 bits per heavy atom. The smallest absolute Gasteiger partial charge is 0.110 e. The number of hydrogen-bond acceptors (Lipinski definition) is 2. The van der Waals surface area contributed by atoms with Crippen molar-refractivity contribution in [1.82, 2.24) is 0 Å². The Labute approximate surface area is 91.2 Å². The van der Waals surface area contributed by atoms with Crippen LogP contribution >= 0.6 is 22.9 Å². The fourth-order valence-electron chi connectivity index (χ4n) is 1.23. The number of nitriles is 1. The van der Waals surface area contributed by atoms with E-state index in [9.17, 15) is 0 Å². The van der Waals surface area contributed by atoms with Crippen molar-refractivity contribution in [2.75, 3.05) is 0 Å². The number of halogens is 1. The molecule has 0 saturated carbocycles. The minimum absolute atomic E-state index is 0.708. The quantitative estimate of drug-likeness (QED) is 0.713. The van der Waals surface area contributed by atoms with E-state index in [0.29, 0.717) is 4.88 Å². The molecule has 0 aliphatic heterocycles. The first-order valence-electron chi connectivity index (χ1n) is 4.05. The van der Waals surface area contributed by atoms with Crippen molar-refractivity contribution in [3.8, 4) is 17.2 Å². The van der Waals surface area contributed by atoms with Crippen molar-refractivity contribution < 1.29 is 0 Å². The molecule has 3 heteroatoms. The standard InChI is InChI=1S/C11H6ClNS/c12-11-4-2-1-3-10(11)8-5-9(6-13)14-7-8/h1-5,7H. The molecule has 2 aromatic rings. The molecular weight excluding hydrogens is 214 g/mol. The molecule has 0 spiro atoms. The summed E-state index contributed by atoms with van der Waals surface area (Å²) >= 11 is 7.47. The van der Waals surface area contributed by atoms with Crippen LogP contribution in [0, 0.1) is 11.3 Å². The van der Waals surface area contributed by atoms with Crippen molar-refractivity contribution >= 4 is 22.9 Å². The van der Waals surface area contributed by atoms with Gasteiger partial charge in [-0.3, -0.25) is 0 Å². The maximum Gasteiger partial charge on any atom is 0.110 e. The summed E-state index contributed by atoms with van der Waals surface area (Å²) in [5.74, 6) is 0. The summed E-state index contributed by atoms with van der Waals surface area (Å²) in [7, 11) is 0. The molecule has 0 unspecified atom stereocenters. The highest BCUT2D eigenvalue weighted by molar-refractivity contribution is 7.10. The zero-order valence-corrected chi connectivity index (χ0v) is 8.77. The van der Waals surface area contributed by atoms with Gasteiger partial charge in [-0.15, -0.1) is 11.3 Å². The minimum Gasteiger partial charge on any atom is -0.192 e. The number of rotatable bonds is 1. The Morgan fingerprint density at radius 1 is 1.29 bits per heavy atom. The molecule has 14 heavy (non-hydrogen) atoms. The van der Waals surface area contributed by atoms with Crippen molar-refractivity contribution in [3.63, 3.8) is 0 Å². The van der Waals surface area contributed by atoms with Gasteiger partial charge in [0.25, 0.3) is 0 Å². The van der Waals surface area contributed by atoms with Gasteiger partial charge in [0.2, 0.25) is 0 Å². The third kappa shape index (κ3) is 1.65. The van der Waals surface area contributed by atoms with E-state index >= 15 is 0 Å². The van der Waals surface area contributed by atoms with Gasteiger partial charge in [0.05, 0.1) is 0 Å². The van der Waals surface area contributed by atoms with Gasteiger partial charge >= 0.3 is 0 Å². The second kappa shape index (κ2) is 3.83. The van der Waals surface area contributed by atoms with Gasteiger partial charge in [-0.2, -0.15) is 5.26 Å². The van der Waals surface area contributed by atoms with Gasteiger partial charge in [-0.1, -0.05) is 29.8 Å². The summed E-state index contributed by atoms with van der Waals surface area (Å²) in [6.07, 6.45) is 0. The summed E-state index contributed by atoms with van der Waals surface area (Å²) in [4.78, 5) is 0.708. The lowest BCUT2D eigenvalue weighted by Gasteiger charge is -1.99. The number of thiophene rings is 1. The van der Waals surface area contributed by atoms with Crippen LogP contribution < -0.4 is 0 Å². The van der Waals surface area contributed by atoms with Gasteiger partial charge < -0.3 is 0 Å². The van der Waals surface area contributed by atoms with Gasteiger partial charge in [-0.05, 0) is 23.1 Å². The highest BCUT2D eigenvalue weighted by Gasteiger charge is 2.04. The Morgan fingerprint density at radius 3 is 2.71 bits per heavy atom. The van der Waals surface area contributed by atoms with E-state index in [1.165, 1.54) is 11.3 Å². The Bertz CT molecular complexity index is 496. The van der Waals surface area contributed by atoms with Crippen LogP contribution in [0.2, 0.25) is 5.02 Å². The maximum absolute atomic E-state index is 8.69. The van der Waals surface area contributed by atoms with Crippen molar-refractivity contribution in [2.24, 2.45) is 0 Å². The van der Waals surface area contributed by atoms with Gasteiger partial charge in [0.1, 0.15) is 10.9 Å². The first-order chi connectivity index (χ1) is 6.81. The first-order valence-corrected chi connectivity index (χ1v) is 5.30. The topological polar surface area (TPSA) is 23.8 Å². The molecule has 0 amide bonds. The van der Waals surface area contributed by atoms with Gasteiger partial charge in [0.15, 0.2) is 0 Å². The number of benzene rings is 1. The summed E-state index contributed by atoms with van der Waals surface area (Å²) in [6, 6.07) is 11.6. The third-order valence-corrected chi connectivity index (χ3v) is 3.06. The van der Waals surface area contributed by atoms with E-state index < -0.39 is 0 Å². The second-order valence-corrected chi connectivity index (χ2v) is 4.11. The normalized spacial score (nSPS) is 9.71. The lowest BCUT2D eigenvalue weighted by Crippen LogP contribution is -1.74. The van der Waals surface area contributed by atoms with Crippen LogP contribution in [-0.4, -0.2) is 0 Å². The van der Waals surface area contributed by atoms with Crippen LogP contribution in [-0.2, 0) is 0 Å². The van der Waals surface area contributed by atoms with Crippen molar-refractivity contribution in [3.05, 3.63) is 45.6 Å². The van der Waals surface area contributed by atoms with E-state index in [1.807, 2.05) is 35.7 Å². The lowest BCUT2D eigenvalue weighted by molar-refractivity contribution is 1.52. The molecule has 68 valence electrons. The number of hydrogen-bond donors (Lipinski definition) is 0. The zero-order valence-electron chi connectivity index (χ0n) is 7.20. The summed E-state index contributed by atoms with van der Waals surface area (Å²) < 4.78 is 0. The molecule has 1 nitrogen and oxygen atoms in total. The van der Waals surface area contributed by atoms with Crippen molar-refractivity contribution in [2.45, 2.75) is 0 Å². The first kappa shape index (κ1) is 9.26. The van der Waals surface area contributed by atoms with Crippen LogP contribution in [0.15, 0.2) is 35.7 Å². The van der Waals surface area contributed by atoms with Crippen LogP contribution in [0.3, 0.4) is 0 Å². The van der Waals surface area contributed by atoms with Crippen LogP contribution in [0.5, 0.6) is 0 Å². The average Bonchev–Trinajstić information content (AvgIpc) is 2.67. The fraction of sp³-hybridized carbons (Fsp3) is 0. The van der Waals surface area contributed by atoms with Crippen molar-refractivity contribution in [1.29, 1.82) is 5.26 Å². The van der Waals surface area contributed by atoms with E-state index in [-0.39, 0.29) is 0 Å². The van der Waals surface area contributed by atoms with Gasteiger partial charge in [0, 0.05) is 10.6 Å². The molecule has 1 aromatic heterocycles. The van der Waals surface area contributed by atoms with Crippen LogP contribution in [0.1, 0.15) is 4.88 Å². The van der Waals surface area contributed by atoms with E-state index in [1.54, 1.807) is 0 Å². The third-order valence-electron chi connectivity index (χ3n) is 1.89. The molecule has 0 aliphatic rings. The molecule has 0 fully saturated rings. The summed E-state index contributed by atoms with van der Waals surface area (Å²) in [5.41, 5.74) is 1.99. The Hall–Kier alpha value is -1.30. The predicted molar refractivity (Wildman–Crippen MR) is 59.5 cm³/mol. The largest absolute Gasteiger partial charge is 0.192 e. The molecule has 0 bridgehead atoms. The van der Waals surface area contributed by atoms with Gasteiger partial charge in [-0.25, -0.2) is 0 Å². The van der Waals surface area contributed by atoms with E-state index in [4.69, 9.17) is 16.9 Å². The number of nitrogens with zero attached hydrogens (tertiary/aromatic N) is 1. The highest BCUT2D eigenvalue weighted by atomic mass is 35.5. The lowest BCUT2D eigenvalue weighted by atomic mass is 10.1.